The van der Waals surface area contributed by atoms with Gasteiger partial charge in [-0.15, -0.1) is 0 Å². The second kappa shape index (κ2) is 10.9. The molecule has 0 atom stereocenters. The molecule has 1 saturated heterocycles. The van der Waals surface area contributed by atoms with Gasteiger partial charge in [-0.3, -0.25) is 0 Å². The summed E-state index contributed by atoms with van der Waals surface area (Å²) >= 11 is 5.59. The lowest BCUT2D eigenvalue weighted by Gasteiger charge is -2.25. The molecule has 5 rings (SSSR count). The van der Waals surface area contributed by atoms with Gasteiger partial charge in [-0.1, -0.05) is 49.2 Å². The minimum Gasteiger partial charge on any atom is -0.497 e. The lowest BCUT2D eigenvalue weighted by atomic mass is 10.1. The number of rotatable bonds is 6. The van der Waals surface area contributed by atoms with Crippen molar-refractivity contribution in [3.8, 4) is 5.75 Å². The summed E-state index contributed by atoms with van der Waals surface area (Å²) in [6.07, 6.45) is 4.94. The number of thiocarbonyl (C=S) groups is 1. The van der Waals surface area contributed by atoms with E-state index in [9.17, 15) is 0 Å². The van der Waals surface area contributed by atoms with Crippen LogP contribution in [0.1, 0.15) is 42.4 Å². The molecular formula is C27H32N6OS. The summed E-state index contributed by atoms with van der Waals surface area (Å²) in [5.74, 6) is 3.26. The normalized spacial score (nSPS) is 15.3. The lowest BCUT2D eigenvalue weighted by Crippen LogP contribution is -2.30. The van der Waals surface area contributed by atoms with Gasteiger partial charge >= 0.3 is 0 Å². The summed E-state index contributed by atoms with van der Waals surface area (Å²) in [6.45, 7) is 4.36. The molecule has 35 heavy (non-hydrogen) atoms. The van der Waals surface area contributed by atoms with Gasteiger partial charge in [0.05, 0.1) is 7.11 Å². The van der Waals surface area contributed by atoms with Crippen molar-refractivity contribution >= 4 is 34.9 Å². The Morgan fingerprint density at radius 3 is 2.14 bits per heavy atom. The quantitative estimate of drug-likeness (QED) is 0.477. The van der Waals surface area contributed by atoms with E-state index in [2.05, 4.69) is 50.8 Å². The zero-order valence-corrected chi connectivity index (χ0v) is 21.0. The summed E-state index contributed by atoms with van der Waals surface area (Å²) in [4.78, 5) is 14.4. The van der Waals surface area contributed by atoms with E-state index in [4.69, 9.17) is 26.9 Å². The van der Waals surface area contributed by atoms with Crippen LogP contribution in [0.4, 0.5) is 17.6 Å². The molecule has 182 valence electrons. The number of nitrogens with one attached hydrogen (secondary N) is 2. The molecule has 0 saturated carbocycles. The molecule has 1 fully saturated rings. The van der Waals surface area contributed by atoms with E-state index in [0.717, 1.165) is 49.1 Å². The molecule has 7 nitrogen and oxygen atoms in total. The van der Waals surface area contributed by atoms with Crippen LogP contribution in [-0.4, -0.2) is 35.3 Å². The predicted octanol–water partition coefficient (Wildman–Crippen LogP) is 4.87. The number of ether oxygens (including phenoxy) is 1. The third-order valence-electron chi connectivity index (χ3n) is 6.63. The fraction of sp³-hybridized carbons (Fsp3) is 0.370. The first-order chi connectivity index (χ1) is 17.2. The highest BCUT2D eigenvalue weighted by Crippen LogP contribution is 2.30. The van der Waals surface area contributed by atoms with Gasteiger partial charge in [0.2, 0.25) is 5.95 Å². The van der Waals surface area contributed by atoms with Crippen LogP contribution in [0, 0.1) is 0 Å². The Bertz CT molecular complexity index is 1140. The van der Waals surface area contributed by atoms with Gasteiger partial charge in [0.25, 0.3) is 0 Å². The van der Waals surface area contributed by atoms with Crippen molar-refractivity contribution in [3.05, 3.63) is 71.3 Å². The number of benzene rings is 2. The van der Waals surface area contributed by atoms with Crippen molar-refractivity contribution in [3.63, 3.8) is 0 Å². The molecule has 3 heterocycles. The van der Waals surface area contributed by atoms with E-state index in [-0.39, 0.29) is 0 Å². The van der Waals surface area contributed by atoms with Crippen LogP contribution >= 0.6 is 12.2 Å². The Kier molecular flexibility index (Phi) is 7.28. The predicted molar refractivity (Wildman–Crippen MR) is 145 cm³/mol. The van der Waals surface area contributed by atoms with Crippen molar-refractivity contribution in [2.24, 2.45) is 0 Å². The van der Waals surface area contributed by atoms with Gasteiger partial charge in [-0.05, 0) is 53.9 Å². The molecule has 0 radical (unpaired) electrons. The van der Waals surface area contributed by atoms with Crippen molar-refractivity contribution in [1.29, 1.82) is 0 Å². The zero-order chi connectivity index (χ0) is 24.0. The van der Waals surface area contributed by atoms with Gasteiger partial charge in [0.15, 0.2) is 5.11 Å². The second-order valence-corrected chi connectivity index (χ2v) is 9.50. The average molecular weight is 489 g/mol. The molecular weight excluding hydrogens is 456 g/mol. The first-order valence-corrected chi connectivity index (χ1v) is 12.7. The summed E-state index contributed by atoms with van der Waals surface area (Å²) in [5.41, 5.74) is 3.83. The van der Waals surface area contributed by atoms with Crippen LogP contribution in [0.3, 0.4) is 0 Å². The van der Waals surface area contributed by atoms with E-state index >= 15 is 0 Å². The fourth-order valence-corrected chi connectivity index (χ4v) is 4.83. The van der Waals surface area contributed by atoms with Crippen LogP contribution in [-0.2, 0) is 19.6 Å². The summed E-state index contributed by atoms with van der Waals surface area (Å²) in [6, 6.07) is 18.7. The number of nitrogens with zero attached hydrogens (tertiary/aromatic N) is 4. The van der Waals surface area contributed by atoms with Crippen LogP contribution in [0.15, 0.2) is 54.6 Å². The van der Waals surface area contributed by atoms with E-state index < -0.39 is 0 Å². The van der Waals surface area contributed by atoms with Crippen molar-refractivity contribution < 1.29 is 4.74 Å². The minimum atomic E-state index is 0.504. The van der Waals surface area contributed by atoms with Gasteiger partial charge < -0.3 is 25.2 Å². The van der Waals surface area contributed by atoms with Crippen molar-refractivity contribution in [2.75, 3.05) is 35.3 Å². The minimum absolute atomic E-state index is 0.504. The maximum atomic E-state index is 5.59. The Morgan fingerprint density at radius 2 is 1.51 bits per heavy atom. The van der Waals surface area contributed by atoms with E-state index in [1.807, 2.05) is 24.3 Å². The molecule has 0 amide bonds. The molecule has 2 aliphatic rings. The number of hydrogen-bond donors (Lipinski definition) is 2. The Balaban J connectivity index is 1.33. The number of aromatic nitrogens is 2. The van der Waals surface area contributed by atoms with E-state index in [0.29, 0.717) is 17.6 Å². The summed E-state index contributed by atoms with van der Waals surface area (Å²) in [5, 5.41) is 7.01. The van der Waals surface area contributed by atoms with Crippen molar-refractivity contribution in [1.82, 2.24) is 15.3 Å². The zero-order valence-electron chi connectivity index (χ0n) is 20.2. The first kappa shape index (κ1) is 23.4. The van der Waals surface area contributed by atoms with Gasteiger partial charge in [0.1, 0.15) is 17.4 Å². The highest BCUT2D eigenvalue weighted by Gasteiger charge is 2.22. The van der Waals surface area contributed by atoms with Gasteiger partial charge in [0, 0.05) is 38.8 Å². The monoisotopic (exact) mass is 488 g/mol. The molecule has 2 aliphatic heterocycles. The molecule has 0 unspecified atom stereocenters. The number of anilines is 3. The molecule has 2 aromatic carbocycles. The Labute approximate surface area is 212 Å². The van der Waals surface area contributed by atoms with Crippen LogP contribution in [0.5, 0.6) is 5.75 Å². The smallest absolute Gasteiger partial charge is 0.232 e. The van der Waals surface area contributed by atoms with Gasteiger partial charge in [-0.2, -0.15) is 9.97 Å². The maximum absolute atomic E-state index is 5.59. The SMILES string of the molecule is COc1ccc(CNC(=S)Nc2nc(N3CCCCCC3)cc(N3Cc4ccccc4C3)n2)cc1. The second-order valence-electron chi connectivity index (χ2n) is 9.09. The van der Waals surface area contributed by atoms with Crippen LogP contribution in [0.2, 0.25) is 0 Å². The third kappa shape index (κ3) is 5.82. The van der Waals surface area contributed by atoms with Crippen LogP contribution in [0.25, 0.3) is 0 Å². The summed E-state index contributed by atoms with van der Waals surface area (Å²) in [7, 11) is 1.67. The van der Waals surface area contributed by atoms with E-state index in [1.165, 1.54) is 36.8 Å². The lowest BCUT2D eigenvalue weighted by molar-refractivity contribution is 0.414. The molecule has 0 aliphatic carbocycles. The highest BCUT2D eigenvalue weighted by molar-refractivity contribution is 7.80. The molecule has 8 heteroatoms. The average Bonchev–Trinajstić information content (AvgIpc) is 3.14. The van der Waals surface area contributed by atoms with Gasteiger partial charge in [-0.25, -0.2) is 0 Å². The number of hydrogen-bond acceptors (Lipinski definition) is 6. The first-order valence-electron chi connectivity index (χ1n) is 12.3. The molecule has 0 bridgehead atoms. The molecule has 3 aromatic rings. The molecule has 2 N–H and O–H groups in total. The fourth-order valence-electron chi connectivity index (χ4n) is 4.67. The Morgan fingerprint density at radius 1 is 0.886 bits per heavy atom. The number of methoxy groups -OCH3 is 1. The summed E-state index contributed by atoms with van der Waals surface area (Å²) < 4.78 is 5.23. The molecule has 0 spiro atoms. The van der Waals surface area contributed by atoms with Crippen LogP contribution < -0.4 is 25.2 Å². The number of fused-ring (bicyclic) bond motifs is 1. The third-order valence-corrected chi connectivity index (χ3v) is 6.88. The maximum Gasteiger partial charge on any atom is 0.232 e. The van der Waals surface area contributed by atoms with Crippen molar-refractivity contribution in [2.45, 2.75) is 45.3 Å². The topological polar surface area (TPSA) is 65.6 Å². The Hall–Kier alpha value is -3.39. The standard InChI is InChI=1S/C27H32N6OS/c1-34-23-12-10-20(11-13-23)17-28-27(35)31-26-29-24(32-14-6-2-3-7-15-32)16-25(30-26)33-18-21-8-4-5-9-22(21)19-33/h4-5,8-13,16H,2-3,6-7,14-15,17-19H2,1H3,(H2,28,29,30,31,35). The largest absolute Gasteiger partial charge is 0.497 e. The highest BCUT2D eigenvalue weighted by atomic mass is 32.1. The van der Waals surface area contributed by atoms with E-state index in [1.54, 1.807) is 7.11 Å². The molecule has 1 aromatic heterocycles.